The number of ether oxygens (including phenoxy) is 1. The van der Waals surface area contributed by atoms with Crippen LogP contribution in [0.2, 0.25) is 0 Å². The van der Waals surface area contributed by atoms with E-state index in [1.807, 2.05) is 6.92 Å². The number of nitrogens with zero attached hydrogens (tertiary/aromatic N) is 1. The number of hydrogen-bond acceptors (Lipinski definition) is 4. The lowest BCUT2D eigenvalue weighted by atomic mass is 10.1. The Morgan fingerprint density at radius 3 is 2.69 bits per heavy atom. The number of hydrogen-bond donors (Lipinski definition) is 1. The molecule has 0 saturated carbocycles. The summed E-state index contributed by atoms with van der Waals surface area (Å²) in [5, 5.41) is 3.31. The van der Waals surface area contributed by atoms with Crippen LogP contribution in [0.25, 0.3) is 0 Å². The van der Waals surface area contributed by atoms with Gasteiger partial charge in [-0.25, -0.2) is 0 Å². The first-order chi connectivity index (χ1) is 7.74. The molecule has 1 heterocycles. The normalized spacial score (nSPS) is 19.4. The average Bonchev–Trinajstić information content (AvgIpc) is 2.34. The molecule has 0 amide bonds. The van der Waals surface area contributed by atoms with Crippen LogP contribution < -0.4 is 5.32 Å². The molecular weight excluding hydrogens is 204 g/mol. The fourth-order valence-corrected chi connectivity index (χ4v) is 2.02. The number of rotatable bonds is 6. The SMILES string of the molecule is COC(=O)[C@H](C)CNCCN1CCCCC1. The molecule has 94 valence electrons. The van der Waals surface area contributed by atoms with Crippen molar-refractivity contribution >= 4 is 5.97 Å². The molecule has 0 spiro atoms. The lowest BCUT2D eigenvalue weighted by Gasteiger charge is -2.26. The third-order valence-corrected chi connectivity index (χ3v) is 3.11. The molecule has 1 aliphatic rings. The summed E-state index contributed by atoms with van der Waals surface area (Å²) in [6, 6.07) is 0. The quantitative estimate of drug-likeness (QED) is 0.541. The van der Waals surface area contributed by atoms with Gasteiger partial charge in [-0.1, -0.05) is 13.3 Å². The van der Waals surface area contributed by atoms with Crippen LogP contribution in [-0.4, -0.2) is 50.7 Å². The number of carbonyl (C=O) groups is 1. The molecule has 1 atom stereocenters. The summed E-state index contributed by atoms with van der Waals surface area (Å²) in [6.07, 6.45) is 4.04. The maximum atomic E-state index is 11.1. The van der Waals surface area contributed by atoms with Crippen molar-refractivity contribution in [3.8, 4) is 0 Å². The highest BCUT2D eigenvalue weighted by Crippen LogP contribution is 2.07. The van der Waals surface area contributed by atoms with Gasteiger partial charge in [-0.2, -0.15) is 0 Å². The van der Waals surface area contributed by atoms with E-state index in [0.717, 1.165) is 13.1 Å². The van der Waals surface area contributed by atoms with Gasteiger partial charge >= 0.3 is 5.97 Å². The van der Waals surface area contributed by atoms with Crippen molar-refractivity contribution in [1.82, 2.24) is 10.2 Å². The summed E-state index contributed by atoms with van der Waals surface area (Å²) in [5.41, 5.74) is 0. The molecule has 0 radical (unpaired) electrons. The van der Waals surface area contributed by atoms with E-state index in [9.17, 15) is 4.79 Å². The zero-order valence-corrected chi connectivity index (χ0v) is 10.5. The number of carbonyl (C=O) groups excluding carboxylic acids is 1. The summed E-state index contributed by atoms with van der Waals surface area (Å²) in [4.78, 5) is 13.6. The van der Waals surface area contributed by atoms with Gasteiger partial charge < -0.3 is 15.0 Å². The summed E-state index contributed by atoms with van der Waals surface area (Å²) < 4.78 is 4.67. The molecule has 16 heavy (non-hydrogen) atoms. The highest BCUT2D eigenvalue weighted by atomic mass is 16.5. The Hall–Kier alpha value is -0.610. The van der Waals surface area contributed by atoms with Crippen molar-refractivity contribution in [2.75, 3.05) is 39.8 Å². The molecule has 4 nitrogen and oxygen atoms in total. The van der Waals surface area contributed by atoms with Crippen molar-refractivity contribution < 1.29 is 9.53 Å². The van der Waals surface area contributed by atoms with Gasteiger partial charge in [0.2, 0.25) is 0 Å². The monoisotopic (exact) mass is 228 g/mol. The van der Waals surface area contributed by atoms with Crippen LogP contribution in [0, 0.1) is 5.92 Å². The fourth-order valence-electron chi connectivity index (χ4n) is 2.02. The van der Waals surface area contributed by atoms with Gasteiger partial charge in [0, 0.05) is 19.6 Å². The first-order valence-corrected chi connectivity index (χ1v) is 6.25. The first kappa shape index (κ1) is 13.5. The zero-order chi connectivity index (χ0) is 11.8. The van der Waals surface area contributed by atoms with Crippen LogP contribution in [0.3, 0.4) is 0 Å². The highest BCUT2D eigenvalue weighted by Gasteiger charge is 2.13. The third-order valence-electron chi connectivity index (χ3n) is 3.11. The number of methoxy groups -OCH3 is 1. The number of esters is 1. The van der Waals surface area contributed by atoms with E-state index < -0.39 is 0 Å². The van der Waals surface area contributed by atoms with Gasteiger partial charge in [0.15, 0.2) is 0 Å². The van der Waals surface area contributed by atoms with E-state index in [1.165, 1.54) is 39.5 Å². The largest absolute Gasteiger partial charge is 0.469 e. The molecule has 0 aliphatic carbocycles. The molecule has 4 heteroatoms. The summed E-state index contributed by atoms with van der Waals surface area (Å²) in [7, 11) is 1.44. The second-order valence-corrected chi connectivity index (χ2v) is 4.53. The smallest absolute Gasteiger partial charge is 0.309 e. The van der Waals surface area contributed by atoms with Crippen LogP contribution >= 0.6 is 0 Å². The second-order valence-electron chi connectivity index (χ2n) is 4.53. The molecule has 0 aromatic heterocycles. The predicted molar refractivity (Wildman–Crippen MR) is 64.3 cm³/mol. The van der Waals surface area contributed by atoms with Crippen LogP contribution in [-0.2, 0) is 9.53 Å². The molecule has 0 aromatic carbocycles. The number of piperidine rings is 1. The van der Waals surface area contributed by atoms with E-state index >= 15 is 0 Å². The Bertz CT molecular complexity index is 203. The fraction of sp³-hybridized carbons (Fsp3) is 0.917. The lowest BCUT2D eigenvalue weighted by Crippen LogP contribution is -2.37. The maximum absolute atomic E-state index is 11.1. The Morgan fingerprint density at radius 1 is 1.38 bits per heavy atom. The minimum Gasteiger partial charge on any atom is -0.469 e. The minimum atomic E-state index is -0.134. The maximum Gasteiger partial charge on any atom is 0.309 e. The van der Waals surface area contributed by atoms with Crippen LogP contribution in [0.1, 0.15) is 26.2 Å². The molecule has 1 fully saturated rings. The highest BCUT2D eigenvalue weighted by molar-refractivity contribution is 5.71. The number of likely N-dealkylation sites (tertiary alicyclic amines) is 1. The third kappa shape index (κ3) is 4.94. The van der Waals surface area contributed by atoms with E-state index in [-0.39, 0.29) is 11.9 Å². The standard InChI is InChI=1S/C12H24N2O2/c1-11(12(15)16-2)10-13-6-9-14-7-4-3-5-8-14/h11,13H,3-10H2,1-2H3/t11-/m1/s1. The van der Waals surface area contributed by atoms with E-state index in [2.05, 4.69) is 15.0 Å². The van der Waals surface area contributed by atoms with Crippen molar-refractivity contribution in [3.63, 3.8) is 0 Å². The summed E-state index contributed by atoms with van der Waals surface area (Å²) in [6.45, 7) is 7.11. The van der Waals surface area contributed by atoms with E-state index in [1.54, 1.807) is 0 Å². The Kier molecular flexibility index (Phi) is 6.42. The van der Waals surface area contributed by atoms with Crippen LogP contribution in [0.4, 0.5) is 0 Å². The van der Waals surface area contributed by atoms with Gasteiger partial charge in [-0.15, -0.1) is 0 Å². The first-order valence-electron chi connectivity index (χ1n) is 6.25. The molecule has 0 unspecified atom stereocenters. The number of nitrogens with one attached hydrogen (secondary N) is 1. The van der Waals surface area contributed by atoms with Crippen molar-refractivity contribution in [1.29, 1.82) is 0 Å². The summed E-state index contributed by atoms with van der Waals surface area (Å²) in [5.74, 6) is -0.183. The molecule has 0 bridgehead atoms. The van der Waals surface area contributed by atoms with Gasteiger partial charge in [0.25, 0.3) is 0 Å². The zero-order valence-electron chi connectivity index (χ0n) is 10.5. The molecule has 1 rings (SSSR count). The molecule has 0 aromatic rings. The summed E-state index contributed by atoms with van der Waals surface area (Å²) >= 11 is 0. The molecule has 1 N–H and O–H groups in total. The molecule has 1 saturated heterocycles. The Balaban J connectivity index is 2.00. The van der Waals surface area contributed by atoms with Gasteiger partial charge in [0.05, 0.1) is 13.0 Å². The van der Waals surface area contributed by atoms with Crippen molar-refractivity contribution in [3.05, 3.63) is 0 Å². The Morgan fingerprint density at radius 2 is 2.06 bits per heavy atom. The van der Waals surface area contributed by atoms with Gasteiger partial charge in [0.1, 0.15) is 0 Å². The minimum absolute atomic E-state index is 0.0497. The average molecular weight is 228 g/mol. The second kappa shape index (κ2) is 7.63. The Labute approximate surface area is 98.3 Å². The van der Waals surface area contributed by atoms with Gasteiger partial charge in [-0.05, 0) is 25.9 Å². The van der Waals surface area contributed by atoms with Crippen molar-refractivity contribution in [2.24, 2.45) is 5.92 Å². The molecular formula is C12H24N2O2. The topological polar surface area (TPSA) is 41.6 Å². The van der Waals surface area contributed by atoms with Crippen LogP contribution in [0.5, 0.6) is 0 Å². The lowest BCUT2D eigenvalue weighted by molar-refractivity contribution is -0.144. The molecule has 1 aliphatic heterocycles. The van der Waals surface area contributed by atoms with E-state index in [0.29, 0.717) is 6.54 Å². The van der Waals surface area contributed by atoms with Crippen molar-refractivity contribution in [2.45, 2.75) is 26.2 Å². The van der Waals surface area contributed by atoms with E-state index in [4.69, 9.17) is 0 Å². The van der Waals surface area contributed by atoms with Gasteiger partial charge in [-0.3, -0.25) is 4.79 Å². The van der Waals surface area contributed by atoms with Crippen LogP contribution in [0.15, 0.2) is 0 Å². The predicted octanol–water partition coefficient (Wildman–Crippen LogP) is 0.871.